The second-order valence-corrected chi connectivity index (χ2v) is 6.73. The summed E-state index contributed by atoms with van der Waals surface area (Å²) >= 11 is 1.38. The Balaban J connectivity index is 1.58. The molecular weight excluding hydrogens is 350 g/mol. The monoisotopic (exact) mass is 377 g/mol. The number of hydrogen-bond acceptors (Lipinski definition) is 8. The first kappa shape index (κ1) is 10.1. The van der Waals surface area contributed by atoms with Gasteiger partial charge in [-0.15, -0.1) is 10.2 Å². The molecule has 7 nitrogen and oxygen atoms in total. The molecule has 134 valence electrons. The zero-order valence-corrected chi connectivity index (χ0v) is 14.5. The van der Waals surface area contributed by atoms with Gasteiger partial charge in [-0.05, 0) is 24.4 Å². The second kappa shape index (κ2) is 7.53. The number of aryl methyl sites for hydroxylation is 1. The lowest BCUT2D eigenvalue weighted by molar-refractivity contribution is -0.120. The predicted octanol–water partition coefficient (Wildman–Crippen LogP) is 1.90. The Kier molecular flexibility index (Phi) is 2.94. The number of carbonyl (C=O) groups excluding carboxylic acids is 1. The number of ketones is 1. The van der Waals surface area contributed by atoms with Gasteiger partial charge >= 0.3 is 0 Å². The SMILES string of the molecule is [2H]C1([2H])OC([2H])([2H])C([2H])([2H])N(CC(=O)Cc2cc3cc(-c4nnc(C)s4)ncc3cn2)C1([2H])[2H]. The lowest BCUT2D eigenvalue weighted by Gasteiger charge is -2.25. The Labute approximate surface area is 166 Å². The Morgan fingerprint density at radius 3 is 2.81 bits per heavy atom. The van der Waals surface area contributed by atoms with E-state index in [4.69, 9.17) is 11.0 Å². The number of nitrogens with zero attached hydrogens (tertiary/aromatic N) is 5. The number of fused-ring (bicyclic) bond motifs is 1. The Hall–Kier alpha value is -2.29. The molecule has 3 aromatic heterocycles. The molecule has 0 amide bonds. The van der Waals surface area contributed by atoms with Crippen LogP contribution in [0.25, 0.3) is 21.5 Å². The van der Waals surface area contributed by atoms with E-state index in [9.17, 15) is 4.79 Å². The van der Waals surface area contributed by atoms with Gasteiger partial charge in [0.05, 0.1) is 31.6 Å². The number of hydrogen-bond donors (Lipinski definition) is 0. The molecule has 1 saturated heterocycles. The van der Waals surface area contributed by atoms with Gasteiger partial charge < -0.3 is 4.74 Å². The molecule has 1 fully saturated rings. The minimum Gasteiger partial charge on any atom is -0.379 e. The van der Waals surface area contributed by atoms with E-state index >= 15 is 0 Å². The van der Waals surface area contributed by atoms with Crippen LogP contribution in [-0.4, -0.2) is 63.5 Å². The van der Waals surface area contributed by atoms with Crippen molar-refractivity contribution in [2.45, 2.75) is 13.3 Å². The molecule has 0 radical (unpaired) electrons. The molecule has 1 aliphatic heterocycles. The number of Topliss-reactive ketones (excluding diaryl/α,β-unsaturated/α-hetero) is 1. The quantitative estimate of drug-likeness (QED) is 0.672. The highest BCUT2D eigenvalue weighted by molar-refractivity contribution is 7.14. The lowest BCUT2D eigenvalue weighted by Crippen LogP contribution is -2.39. The summed E-state index contributed by atoms with van der Waals surface area (Å²) < 4.78 is 67.4. The van der Waals surface area contributed by atoms with Crippen molar-refractivity contribution in [1.29, 1.82) is 0 Å². The standard InChI is InChI=1S/C18H19N5O2S/c1-12-21-22-18(26-12)17-7-13-6-15(19-9-14(13)10-20-17)8-16(24)11-23-2-4-25-5-3-23/h6-7,9-10H,2-5,8,11H2,1H3/i2D2,3D2,4D2,5D2. The smallest absolute Gasteiger partial charge is 0.166 e. The molecule has 3 aromatic rings. The van der Waals surface area contributed by atoms with Crippen molar-refractivity contribution in [3.8, 4) is 10.7 Å². The molecule has 0 aliphatic carbocycles. The topological polar surface area (TPSA) is 81.1 Å². The fourth-order valence-electron chi connectivity index (χ4n) is 2.42. The zero-order chi connectivity index (χ0) is 25.1. The van der Waals surface area contributed by atoms with E-state index in [0.717, 1.165) is 10.4 Å². The Bertz CT molecular complexity index is 1240. The molecular formula is C18H19N5O2S. The van der Waals surface area contributed by atoms with Crippen molar-refractivity contribution >= 4 is 27.9 Å². The van der Waals surface area contributed by atoms with Gasteiger partial charge in [-0.25, -0.2) is 0 Å². The third-order valence-electron chi connectivity index (χ3n) is 3.58. The van der Waals surface area contributed by atoms with Gasteiger partial charge in [0, 0.05) is 42.0 Å². The lowest BCUT2D eigenvalue weighted by atomic mass is 10.1. The number of aromatic nitrogens is 4. The van der Waals surface area contributed by atoms with Gasteiger partial charge in [0.2, 0.25) is 0 Å². The highest BCUT2D eigenvalue weighted by atomic mass is 32.1. The molecule has 8 heteroatoms. The van der Waals surface area contributed by atoms with Gasteiger partial charge in [-0.1, -0.05) is 11.3 Å². The summed E-state index contributed by atoms with van der Waals surface area (Å²) in [6.07, 6.45) is 2.83. The molecule has 4 heterocycles. The molecule has 26 heavy (non-hydrogen) atoms. The summed E-state index contributed by atoms with van der Waals surface area (Å²) in [6.45, 7) is -11.7. The molecule has 0 bridgehead atoms. The molecule has 1 aliphatic rings. The van der Waals surface area contributed by atoms with Gasteiger partial charge in [0.1, 0.15) is 10.7 Å². The van der Waals surface area contributed by atoms with E-state index in [2.05, 4.69) is 24.9 Å². The highest BCUT2D eigenvalue weighted by Gasteiger charge is 2.15. The molecule has 0 unspecified atom stereocenters. The summed E-state index contributed by atoms with van der Waals surface area (Å²) in [6, 6.07) is 3.42. The van der Waals surface area contributed by atoms with E-state index in [-0.39, 0.29) is 11.3 Å². The highest BCUT2D eigenvalue weighted by Crippen LogP contribution is 2.24. The number of rotatable bonds is 5. The summed E-state index contributed by atoms with van der Waals surface area (Å²) in [5, 5.41) is 10.9. The van der Waals surface area contributed by atoms with E-state index < -0.39 is 38.4 Å². The fraction of sp³-hybridized carbons (Fsp3) is 0.389. The number of pyridine rings is 2. The van der Waals surface area contributed by atoms with Crippen molar-refractivity contribution in [3.63, 3.8) is 0 Å². The summed E-state index contributed by atoms with van der Waals surface area (Å²) in [4.78, 5) is 21.6. The normalized spacial score (nSPS) is 27.7. The van der Waals surface area contributed by atoms with Crippen molar-refractivity contribution in [2.24, 2.45) is 0 Å². The van der Waals surface area contributed by atoms with Crippen LogP contribution in [0.3, 0.4) is 0 Å². The maximum absolute atomic E-state index is 12.8. The first-order valence-corrected chi connectivity index (χ1v) is 8.50. The van der Waals surface area contributed by atoms with Gasteiger partial charge in [-0.3, -0.25) is 19.7 Å². The van der Waals surface area contributed by atoms with Crippen molar-refractivity contribution in [3.05, 3.63) is 35.2 Å². The minimum atomic E-state index is -3.20. The van der Waals surface area contributed by atoms with Crippen LogP contribution in [0.1, 0.15) is 21.7 Å². The molecule has 0 aromatic carbocycles. The average Bonchev–Trinajstić information content (AvgIpc) is 3.16. The van der Waals surface area contributed by atoms with Crippen LogP contribution in [0, 0.1) is 6.92 Å². The maximum Gasteiger partial charge on any atom is 0.166 e. The third kappa shape index (κ3) is 3.92. The average molecular weight is 377 g/mol. The Morgan fingerprint density at radius 1 is 1.23 bits per heavy atom. The van der Waals surface area contributed by atoms with Crippen LogP contribution >= 0.6 is 11.3 Å². The molecule has 0 atom stereocenters. The van der Waals surface area contributed by atoms with Crippen LogP contribution in [0.5, 0.6) is 0 Å². The van der Waals surface area contributed by atoms with Crippen molar-refractivity contribution in [2.75, 3.05) is 32.7 Å². The number of morpholine rings is 1. The minimum absolute atomic E-state index is 0.229. The third-order valence-corrected chi connectivity index (χ3v) is 4.44. The van der Waals surface area contributed by atoms with E-state index in [1.54, 1.807) is 18.3 Å². The fourth-order valence-corrected chi connectivity index (χ4v) is 3.08. The maximum atomic E-state index is 12.8. The van der Waals surface area contributed by atoms with Crippen molar-refractivity contribution in [1.82, 2.24) is 25.1 Å². The summed E-state index contributed by atoms with van der Waals surface area (Å²) in [7, 11) is 0. The number of carbonyl (C=O) groups is 1. The largest absolute Gasteiger partial charge is 0.379 e. The molecule has 0 spiro atoms. The second-order valence-electron chi connectivity index (χ2n) is 5.55. The van der Waals surface area contributed by atoms with Gasteiger partial charge in [-0.2, -0.15) is 0 Å². The summed E-state index contributed by atoms with van der Waals surface area (Å²) in [5.41, 5.74) is 0.921. The number of ether oxygens (including phenoxy) is 1. The zero-order valence-electron chi connectivity index (χ0n) is 21.7. The van der Waals surface area contributed by atoms with Gasteiger partial charge in [0.15, 0.2) is 10.8 Å². The van der Waals surface area contributed by atoms with Crippen molar-refractivity contribution < 1.29 is 20.5 Å². The molecule has 0 saturated carbocycles. The predicted molar refractivity (Wildman–Crippen MR) is 99.1 cm³/mol. The van der Waals surface area contributed by atoms with Crippen LogP contribution in [-0.2, 0) is 16.0 Å². The molecule has 4 rings (SSSR count). The van der Waals surface area contributed by atoms with Crippen LogP contribution in [0.4, 0.5) is 0 Å². The van der Waals surface area contributed by atoms with Crippen LogP contribution in [0.15, 0.2) is 24.5 Å². The van der Waals surface area contributed by atoms with E-state index in [1.165, 1.54) is 17.5 Å². The van der Waals surface area contributed by atoms with Crippen LogP contribution in [0.2, 0.25) is 0 Å². The van der Waals surface area contributed by atoms with Crippen LogP contribution < -0.4 is 0 Å². The van der Waals surface area contributed by atoms with Gasteiger partial charge in [0.25, 0.3) is 0 Å². The first-order chi connectivity index (χ1) is 15.6. The first-order valence-electron chi connectivity index (χ1n) is 11.7. The van der Waals surface area contributed by atoms with E-state index in [1.807, 2.05) is 6.92 Å². The summed E-state index contributed by atoms with van der Waals surface area (Å²) in [5.74, 6) is -0.679. The Morgan fingerprint density at radius 2 is 2.04 bits per heavy atom. The molecule has 0 N–H and O–H groups in total. The van der Waals surface area contributed by atoms with E-state index in [0.29, 0.717) is 21.8 Å².